The molecule has 1 aliphatic rings. The lowest BCUT2D eigenvalue weighted by Crippen LogP contribution is -2.31. The number of hydrogen-bond donors (Lipinski definition) is 1. The van der Waals surface area contributed by atoms with Gasteiger partial charge in [-0.05, 0) is 29.8 Å². The highest BCUT2D eigenvalue weighted by molar-refractivity contribution is 6.35. The second-order valence-corrected chi connectivity index (χ2v) is 9.14. The predicted octanol–water partition coefficient (Wildman–Crippen LogP) is 5.07. The van der Waals surface area contributed by atoms with Gasteiger partial charge in [0.05, 0.1) is 17.2 Å². The molecule has 0 fully saturated rings. The highest BCUT2D eigenvalue weighted by Crippen LogP contribution is 2.42. The SMILES string of the molecule is N#CC1=C(N)Oc2nc3n(-c4ccccc4)nc(-c4ccccc4)n3c(=O)c2C1c1ccc(Cl)cc1Cl. The Morgan fingerprint density at radius 3 is 2.38 bits per heavy atom. The molecule has 1 aliphatic heterocycles. The molecule has 0 amide bonds. The van der Waals surface area contributed by atoms with Gasteiger partial charge in [0.25, 0.3) is 5.56 Å². The van der Waals surface area contributed by atoms with E-state index in [9.17, 15) is 10.1 Å². The Bertz CT molecular complexity index is 1820. The van der Waals surface area contributed by atoms with Gasteiger partial charge in [-0.15, -0.1) is 5.10 Å². The Labute approximate surface area is 220 Å². The summed E-state index contributed by atoms with van der Waals surface area (Å²) in [5, 5.41) is 15.4. The summed E-state index contributed by atoms with van der Waals surface area (Å²) in [6.45, 7) is 0. The molecule has 10 heteroatoms. The minimum atomic E-state index is -0.917. The number of allylic oxidation sites excluding steroid dienone is 1. The highest BCUT2D eigenvalue weighted by Gasteiger charge is 2.37. The molecule has 2 aromatic heterocycles. The molecule has 0 aliphatic carbocycles. The van der Waals surface area contributed by atoms with E-state index in [1.807, 2.05) is 60.7 Å². The summed E-state index contributed by atoms with van der Waals surface area (Å²) in [5.41, 5.74) is 7.74. The van der Waals surface area contributed by atoms with Crippen LogP contribution in [0.4, 0.5) is 0 Å². The number of ether oxygens (including phenoxy) is 1. The summed E-state index contributed by atoms with van der Waals surface area (Å²) in [6.07, 6.45) is 0. The standard InChI is InChI=1S/C27H16Cl2N6O2/c28-16-11-12-18(20(29)13-16)21-19(14-30)23(31)37-25-22(21)26(36)34-24(15-7-3-1-4-8-15)33-35(27(34)32-25)17-9-5-2-6-10-17/h1-13,21H,31H2. The van der Waals surface area contributed by atoms with Crippen LogP contribution in [0.2, 0.25) is 10.0 Å². The monoisotopic (exact) mass is 526 g/mol. The fourth-order valence-electron chi connectivity index (χ4n) is 4.47. The van der Waals surface area contributed by atoms with Gasteiger partial charge in [0.1, 0.15) is 11.6 Å². The minimum absolute atomic E-state index is 0.0193. The molecule has 0 spiro atoms. The van der Waals surface area contributed by atoms with Crippen LogP contribution in [0.25, 0.3) is 22.9 Å². The van der Waals surface area contributed by atoms with E-state index in [0.29, 0.717) is 27.7 Å². The molecule has 0 saturated heterocycles. The van der Waals surface area contributed by atoms with Gasteiger partial charge in [-0.25, -0.2) is 4.40 Å². The van der Waals surface area contributed by atoms with E-state index in [4.69, 9.17) is 38.8 Å². The van der Waals surface area contributed by atoms with Crippen molar-refractivity contribution in [3.8, 4) is 29.0 Å². The number of halogens is 2. The number of aromatic nitrogens is 4. The number of fused-ring (bicyclic) bond motifs is 2. The molecule has 8 nitrogen and oxygen atoms in total. The van der Waals surface area contributed by atoms with Crippen molar-refractivity contribution in [2.45, 2.75) is 5.92 Å². The van der Waals surface area contributed by atoms with Gasteiger partial charge >= 0.3 is 0 Å². The van der Waals surface area contributed by atoms with Gasteiger partial charge in [0.2, 0.25) is 17.5 Å². The number of para-hydroxylation sites is 1. The van der Waals surface area contributed by atoms with E-state index in [1.165, 1.54) is 4.40 Å². The Hall–Kier alpha value is -4.58. The second kappa shape index (κ2) is 8.82. The summed E-state index contributed by atoms with van der Waals surface area (Å²) < 4.78 is 8.73. The van der Waals surface area contributed by atoms with Crippen LogP contribution < -0.4 is 16.0 Å². The Morgan fingerprint density at radius 2 is 1.70 bits per heavy atom. The van der Waals surface area contributed by atoms with Gasteiger partial charge in [-0.2, -0.15) is 14.9 Å². The number of nitriles is 1. The normalized spacial score (nSPS) is 14.8. The zero-order chi connectivity index (χ0) is 25.7. The lowest BCUT2D eigenvalue weighted by atomic mass is 9.85. The third-order valence-electron chi connectivity index (χ3n) is 6.14. The molecule has 1 atom stereocenters. The molecule has 3 heterocycles. The Balaban J connectivity index is 1.72. The third-order valence-corrected chi connectivity index (χ3v) is 6.70. The molecule has 5 aromatic rings. The zero-order valence-corrected chi connectivity index (χ0v) is 20.5. The van der Waals surface area contributed by atoms with Crippen LogP contribution in [0.15, 0.2) is 95.1 Å². The van der Waals surface area contributed by atoms with Crippen molar-refractivity contribution in [1.82, 2.24) is 19.2 Å². The maximum Gasteiger partial charge on any atom is 0.268 e. The largest absolute Gasteiger partial charge is 0.422 e. The summed E-state index contributed by atoms with van der Waals surface area (Å²) >= 11 is 12.7. The summed E-state index contributed by atoms with van der Waals surface area (Å²) in [7, 11) is 0. The van der Waals surface area contributed by atoms with Crippen LogP contribution in [-0.4, -0.2) is 19.2 Å². The van der Waals surface area contributed by atoms with E-state index in [2.05, 4.69) is 11.1 Å². The minimum Gasteiger partial charge on any atom is -0.422 e. The maximum absolute atomic E-state index is 14.3. The Kier molecular flexibility index (Phi) is 5.45. The van der Waals surface area contributed by atoms with E-state index < -0.39 is 11.5 Å². The summed E-state index contributed by atoms with van der Waals surface area (Å²) in [6, 6.07) is 25.5. The molecule has 0 radical (unpaired) electrons. The fraction of sp³-hybridized carbons (Fsp3) is 0.0370. The second-order valence-electron chi connectivity index (χ2n) is 8.30. The first-order valence-corrected chi connectivity index (χ1v) is 11.9. The third kappa shape index (κ3) is 3.64. The molecule has 3 aromatic carbocycles. The lowest BCUT2D eigenvalue weighted by molar-refractivity contribution is 0.376. The van der Waals surface area contributed by atoms with Crippen LogP contribution in [0.3, 0.4) is 0 Å². The summed E-state index contributed by atoms with van der Waals surface area (Å²) in [5.74, 6) is -0.491. The summed E-state index contributed by atoms with van der Waals surface area (Å²) in [4.78, 5) is 19.0. The molecule has 0 saturated carbocycles. The van der Waals surface area contributed by atoms with Crippen LogP contribution >= 0.6 is 23.2 Å². The maximum atomic E-state index is 14.3. The smallest absolute Gasteiger partial charge is 0.268 e. The number of nitrogens with zero attached hydrogens (tertiary/aromatic N) is 5. The molecule has 37 heavy (non-hydrogen) atoms. The number of hydrogen-bond acceptors (Lipinski definition) is 6. The average molecular weight is 527 g/mol. The number of nitrogens with two attached hydrogens (primary N) is 1. The van der Waals surface area contributed by atoms with Gasteiger partial charge in [-0.1, -0.05) is 77.8 Å². The van der Waals surface area contributed by atoms with Gasteiger partial charge in [-0.3, -0.25) is 4.79 Å². The van der Waals surface area contributed by atoms with Crippen LogP contribution in [0.1, 0.15) is 17.0 Å². The van der Waals surface area contributed by atoms with Crippen LogP contribution in [-0.2, 0) is 0 Å². The van der Waals surface area contributed by atoms with Crippen molar-refractivity contribution in [3.63, 3.8) is 0 Å². The Morgan fingerprint density at radius 1 is 1.00 bits per heavy atom. The van der Waals surface area contributed by atoms with Gasteiger partial charge < -0.3 is 10.5 Å². The number of rotatable bonds is 3. The number of benzene rings is 3. The first-order valence-electron chi connectivity index (χ1n) is 11.2. The van der Waals surface area contributed by atoms with Crippen molar-refractivity contribution in [2.24, 2.45) is 5.73 Å². The van der Waals surface area contributed by atoms with E-state index in [0.717, 1.165) is 0 Å². The van der Waals surface area contributed by atoms with Crippen molar-refractivity contribution in [2.75, 3.05) is 0 Å². The van der Waals surface area contributed by atoms with E-state index in [1.54, 1.807) is 22.9 Å². The van der Waals surface area contributed by atoms with E-state index in [-0.39, 0.29) is 33.7 Å². The molecule has 2 N–H and O–H groups in total. The molecule has 6 rings (SSSR count). The van der Waals surface area contributed by atoms with Crippen LogP contribution in [0.5, 0.6) is 5.88 Å². The first-order chi connectivity index (χ1) is 18.0. The van der Waals surface area contributed by atoms with Crippen LogP contribution in [0, 0.1) is 11.3 Å². The molecular formula is C27H16Cl2N6O2. The van der Waals surface area contributed by atoms with Crippen molar-refractivity contribution in [1.29, 1.82) is 5.26 Å². The van der Waals surface area contributed by atoms with E-state index >= 15 is 0 Å². The van der Waals surface area contributed by atoms with Gasteiger partial charge in [0.15, 0.2) is 5.82 Å². The zero-order valence-electron chi connectivity index (χ0n) is 19.0. The molecule has 0 bridgehead atoms. The topological polar surface area (TPSA) is 111 Å². The molecule has 180 valence electrons. The predicted molar refractivity (Wildman–Crippen MR) is 140 cm³/mol. The molecule has 1 unspecified atom stereocenters. The first kappa shape index (κ1) is 22.9. The molecular weight excluding hydrogens is 511 g/mol. The van der Waals surface area contributed by atoms with Gasteiger partial charge in [0, 0.05) is 15.6 Å². The van der Waals surface area contributed by atoms with Crippen molar-refractivity contribution in [3.05, 3.63) is 122 Å². The van der Waals surface area contributed by atoms with Crippen molar-refractivity contribution < 1.29 is 4.74 Å². The lowest BCUT2D eigenvalue weighted by Gasteiger charge is -2.25. The van der Waals surface area contributed by atoms with Crippen molar-refractivity contribution >= 4 is 29.0 Å². The average Bonchev–Trinajstić information content (AvgIpc) is 3.29. The fourth-order valence-corrected chi connectivity index (χ4v) is 4.99. The highest BCUT2D eigenvalue weighted by atomic mass is 35.5. The quantitative estimate of drug-likeness (QED) is 0.351.